The minimum atomic E-state index is 0.772. The molecule has 1 aliphatic heterocycles. The maximum atomic E-state index is 3.59. The Kier molecular flexibility index (Phi) is 2.44. The topological polar surface area (TPSA) is 24.1 Å². The molecule has 1 atom stereocenters. The first-order chi connectivity index (χ1) is 5.45. The molecule has 1 heterocycles. The van der Waals surface area contributed by atoms with Crippen LogP contribution in [0.2, 0.25) is 0 Å². The Bertz CT molecular complexity index is 115. The molecule has 1 saturated heterocycles. The van der Waals surface area contributed by atoms with Crippen LogP contribution in [0, 0.1) is 5.92 Å². The normalized spacial score (nSPS) is 31.1. The van der Waals surface area contributed by atoms with Crippen LogP contribution in [0.15, 0.2) is 0 Å². The minimum Gasteiger partial charge on any atom is -0.315 e. The van der Waals surface area contributed by atoms with Gasteiger partial charge in [0.05, 0.1) is 0 Å². The first-order valence-corrected chi connectivity index (χ1v) is 4.89. The van der Waals surface area contributed by atoms with Crippen LogP contribution >= 0.6 is 0 Å². The monoisotopic (exact) mass is 154 g/mol. The molecule has 0 bridgehead atoms. The zero-order valence-corrected chi connectivity index (χ0v) is 7.10. The molecular formula is C9H18N2. The number of rotatable bonds is 4. The Balaban J connectivity index is 1.51. The summed E-state index contributed by atoms with van der Waals surface area (Å²) in [6, 6.07) is 0.772. The van der Waals surface area contributed by atoms with E-state index in [9.17, 15) is 0 Å². The molecule has 1 unspecified atom stereocenters. The van der Waals surface area contributed by atoms with Crippen molar-refractivity contribution in [1.82, 2.24) is 10.6 Å². The zero-order chi connectivity index (χ0) is 7.52. The predicted molar refractivity (Wildman–Crippen MR) is 46.6 cm³/mol. The first kappa shape index (κ1) is 7.56. The molecule has 2 fully saturated rings. The van der Waals surface area contributed by atoms with Crippen molar-refractivity contribution in [3.63, 3.8) is 0 Å². The van der Waals surface area contributed by atoms with Gasteiger partial charge in [0.1, 0.15) is 0 Å². The van der Waals surface area contributed by atoms with E-state index in [0.717, 1.165) is 12.0 Å². The van der Waals surface area contributed by atoms with Crippen molar-refractivity contribution in [3.8, 4) is 0 Å². The lowest BCUT2D eigenvalue weighted by Crippen LogP contribution is -2.31. The molecular weight excluding hydrogens is 136 g/mol. The van der Waals surface area contributed by atoms with Crippen molar-refractivity contribution in [2.75, 3.05) is 19.6 Å². The second-order valence-electron chi connectivity index (χ2n) is 3.88. The lowest BCUT2D eigenvalue weighted by atomic mass is 10.2. The Morgan fingerprint density at radius 3 is 2.82 bits per heavy atom. The van der Waals surface area contributed by atoms with Crippen molar-refractivity contribution in [1.29, 1.82) is 0 Å². The van der Waals surface area contributed by atoms with Gasteiger partial charge in [0.25, 0.3) is 0 Å². The van der Waals surface area contributed by atoms with Crippen molar-refractivity contribution in [2.45, 2.75) is 31.7 Å². The fourth-order valence-corrected chi connectivity index (χ4v) is 1.73. The van der Waals surface area contributed by atoms with Crippen LogP contribution < -0.4 is 10.6 Å². The van der Waals surface area contributed by atoms with Gasteiger partial charge in [-0.25, -0.2) is 0 Å². The van der Waals surface area contributed by atoms with Crippen molar-refractivity contribution in [2.24, 2.45) is 5.92 Å². The summed E-state index contributed by atoms with van der Waals surface area (Å²) in [7, 11) is 0. The number of hydrogen-bond donors (Lipinski definition) is 2. The van der Waals surface area contributed by atoms with Gasteiger partial charge in [0.2, 0.25) is 0 Å². The molecule has 64 valence electrons. The lowest BCUT2D eigenvalue weighted by Gasteiger charge is -2.09. The first-order valence-electron chi connectivity index (χ1n) is 4.89. The average Bonchev–Trinajstić information content (AvgIpc) is 2.66. The predicted octanol–water partition coefficient (Wildman–Crippen LogP) is 0.738. The maximum absolute atomic E-state index is 3.59. The van der Waals surface area contributed by atoms with Crippen LogP contribution in [-0.2, 0) is 0 Å². The lowest BCUT2D eigenvalue weighted by molar-refractivity contribution is 0.521. The average molecular weight is 154 g/mol. The molecule has 0 aromatic rings. The molecule has 2 N–H and O–H groups in total. The molecule has 0 aromatic carbocycles. The summed E-state index contributed by atoms with van der Waals surface area (Å²) in [6.45, 7) is 3.64. The Labute approximate surface area is 68.7 Å². The molecule has 2 rings (SSSR count). The van der Waals surface area contributed by atoms with Gasteiger partial charge in [0, 0.05) is 12.6 Å². The van der Waals surface area contributed by atoms with E-state index in [4.69, 9.17) is 0 Å². The van der Waals surface area contributed by atoms with Gasteiger partial charge in [-0.3, -0.25) is 0 Å². The molecule has 2 heteroatoms. The highest BCUT2D eigenvalue weighted by atomic mass is 15.0. The standard InChI is InChI=1S/C9H18N2/c1-2-8(1)3-6-11-9-4-5-10-7-9/h8-11H,1-7H2. The Morgan fingerprint density at radius 1 is 1.27 bits per heavy atom. The molecule has 2 nitrogen and oxygen atoms in total. The van der Waals surface area contributed by atoms with E-state index in [-0.39, 0.29) is 0 Å². The molecule has 0 amide bonds. The molecule has 2 aliphatic rings. The summed E-state index contributed by atoms with van der Waals surface area (Å²) in [5.74, 6) is 1.08. The van der Waals surface area contributed by atoms with E-state index in [1.807, 2.05) is 0 Å². The van der Waals surface area contributed by atoms with Gasteiger partial charge in [-0.1, -0.05) is 12.8 Å². The van der Waals surface area contributed by atoms with Gasteiger partial charge >= 0.3 is 0 Å². The van der Waals surface area contributed by atoms with E-state index >= 15 is 0 Å². The molecule has 1 saturated carbocycles. The van der Waals surface area contributed by atoms with E-state index < -0.39 is 0 Å². The van der Waals surface area contributed by atoms with Crippen LogP contribution in [-0.4, -0.2) is 25.7 Å². The fraction of sp³-hybridized carbons (Fsp3) is 1.00. The van der Waals surface area contributed by atoms with Crippen LogP contribution in [0.4, 0.5) is 0 Å². The molecule has 0 spiro atoms. The molecule has 0 radical (unpaired) electrons. The Hall–Kier alpha value is -0.0800. The fourth-order valence-electron chi connectivity index (χ4n) is 1.73. The highest BCUT2D eigenvalue weighted by Gasteiger charge is 2.21. The van der Waals surface area contributed by atoms with E-state index in [1.54, 1.807) is 0 Å². The maximum Gasteiger partial charge on any atom is 0.0204 e. The summed E-state index contributed by atoms with van der Waals surface area (Å²) in [6.07, 6.45) is 5.72. The highest BCUT2D eigenvalue weighted by molar-refractivity contribution is 4.79. The van der Waals surface area contributed by atoms with E-state index in [2.05, 4.69) is 10.6 Å². The molecule has 0 aromatic heterocycles. The second-order valence-corrected chi connectivity index (χ2v) is 3.88. The summed E-state index contributed by atoms with van der Waals surface area (Å²) in [5, 5.41) is 6.95. The smallest absolute Gasteiger partial charge is 0.0204 e. The van der Waals surface area contributed by atoms with Crippen molar-refractivity contribution < 1.29 is 0 Å². The second kappa shape index (κ2) is 3.55. The highest BCUT2D eigenvalue weighted by Crippen LogP contribution is 2.31. The molecule has 11 heavy (non-hydrogen) atoms. The van der Waals surface area contributed by atoms with Crippen LogP contribution in [0.1, 0.15) is 25.7 Å². The third-order valence-electron chi connectivity index (χ3n) is 2.74. The van der Waals surface area contributed by atoms with Crippen LogP contribution in [0.5, 0.6) is 0 Å². The summed E-state index contributed by atoms with van der Waals surface area (Å²) >= 11 is 0. The Morgan fingerprint density at radius 2 is 2.18 bits per heavy atom. The molecule has 1 aliphatic carbocycles. The summed E-state index contributed by atoms with van der Waals surface area (Å²) in [4.78, 5) is 0. The largest absolute Gasteiger partial charge is 0.315 e. The van der Waals surface area contributed by atoms with Gasteiger partial charge in [-0.05, 0) is 31.8 Å². The van der Waals surface area contributed by atoms with E-state index in [1.165, 1.54) is 45.3 Å². The third-order valence-corrected chi connectivity index (χ3v) is 2.74. The zero-order valence-electron chi connectivity index (χ0n) is 7.10. The number of nitrogens with one attached hydrogen (secondary N) is 2. The van der Waals surface area contributed by atoms with Gasteiger partial charge in [0.15, 0.2) is 0 Å². The van der Waals surface area contributed by atoms with Crippen molar-refractivity contribution >= 4 is 0 Å². The summed E-state index contributed by atoms with van der Waals surface area (Å²) < 4.78 is 0. The van der Waals surface area contributed by atoms with Crippen LogP contribution in [0.25, 0.3) is 0 Å². The number of hydrogen-bond acceptors (Lipinski definition) is 2. The quantitative estimate of drug-likeness (QED) is 0.624. The summed E-state index contributed by atoms with van der Waals surface area (Å²) in [5.41, 5.74) is 0. The minimum absolute atomic E-state index is 0.772. The van der Waals surface area contributed by atoms with E-state index in [0.29, 0.717) is 0 Å². The third kappa shape index (κ3) is 2.46. The van der Waals surface area contributed by atoms with Crippen molar-refractivity contribution in [3.05, 3.63) is 0 Å². The van der Waals surface area contributed by atoms with Crippen LogP contribution in [0.3, 0.4) is 0 Å². The SMILES string of the molecule is C1CC(NCCC2CC2)CN1. The van der Waals surface area contributed by atoms with Gasteiger partial charge in [-0.15, -0.1) is 0 Å². The van der Waals surface area contributed by atoms with Gasteiger partial charge < -0.3 is 10.6 Å². The van der Waals surface area contributed by atoms with Gasteiger partial charge in [-0.2, -0.15) is 0 Å².